The maximum absolute atomic E-state index is 12.5. The van der Waals surface area contributed by atoms with Gasteiger partial charge in [-0.25, -0.2) is 0 Å². The minimum absolute atomic E-state index is 0.109. The maximum Gasteiger partial charge on any atom is 0.271 e. The molecule has 1 fully saturated rings. The molecule has 19 heavy (non-hydrogen) atoms. The van der Waals surface area contributed by atoms with E-state index < -0.39 is 17.4 Å². The highest BCUT2D eigenvalue weighted by molar-refractivity contribution is 6.08. The van der Waals surface area contributed by atoms with Crippen molar-refractivity contribution in [3.8, 4) is 0 Å². The Balaban J connectivity index is 2.39. The van der Waals surface area contributed by atoms with Crippen molar-refractivity contribution < 1.29 is 14.4 Å². The third-order valence-electron chi connectivity index (χ3n) is 3.62. The second-order valence-electron chi connectivity index (χ2n) is 5.25. The average Bonchev–Trinajstić information content (AvgIpc) is 2.64. The fraction of sp³-hybridized carbons (Fsp3) is 0.462. The van der Waals surface area contributed by atoms with Crippen molar-refractivity contribution in [1.29, 1.82) is 0 Å². The average molecular weight is 263 g/mol. The van der Waals surface area contributed by atoms with Crippen molar-refractivity contribution in [1.82, 2.24) is 14.8 Å². The molecule has 0 aromatic carbocycles. The third kappa shape index (κ3) is 2.03. The van der Waals surface area contributed by atoms with E-state index in [1.807, 2.05) is 13.0 Å². The first-order chi connectivity index (χ1) is 8.75. The quantitative estimate of drug-likeness (QED) is 0.736. The van der Waals surface area contributed by atoms with Crippen LogP contribution in [0.25, 0.3) is 0 Å². The predicted octanol–water partition coefficient (Wildman–Crippen LogP) is 0.211. The standard InChI is InChI=1S/C13H17N3O3/c1-8-5-6-9(15(8)4)11(18)16-7-10(17)14-12(19)13(16,2)3/h5-6H,7H2,1-4H3,(H,14,17,19). The topological polar surface area (TPSA) is 71.4 Å². The molecule has 0 saturated carbocycles. The largest absolute Gasteiger partial charge is 0.344 e. The molecule has 0 spiro atoms. The number of nitrogens with one attached hydrogen (secondary N) is 1. The van der Waals surface area contributed by atoms with Crippen LogP contribution in [0.15, 0.2) is 12.1 Å². The molecule has 1 N–H and O–H groups in total. The molecule has 1 aromatic rings. The van der Waals surface area contributed by atoms with E-state index in [-0.39, 0.29) is 12.5 Å². The van der Waals surface area contributed by atoms with Crippen LogP contribution in [-0.2, 0) is 16.6 Å². The lowest BCUT2D eigenvalue weighted by Crippen LogP contribution is -2.65. The lowest BCUT2D eigenvalue weighted by atomic mass is 9.98. The molecule has 0 bridgehead atoms. The minimum atomic E-state index is -1.04. The molecule has 3 amide bonds. The predicted molar refractivity (Wildman–Crippen MR) is 68.4 cm³/mol. The summed E-state index contributed by atoms with van der Waals surface area (Å²) >= 11 is 0. The summed E-state index contributed by atoms with van der Waals surface area (Å²) in [6.07, 6.45) is 0. The van der Waals surface area contributed by atoms with Crippen LogP contribution in [0.1, 0.15) is 30.0 Å². The molecule has 2 heterocycles. The summed E-state index contributed by atoms with van der Waals surface area (Å²) in [6, 6.07) is 3.52. The Morgan fingerprint density at radius 1 is 1.32 bits per heavy atom. The first-order valence-electron chi connectivity index (χ1n) is 6.03. The fourth-order valence-corrected chi connectivity index (χ4v) is 2.07. The van der Waals surface area contributed by atoms with Crippen LogP contribution in [0.2, 0.25) is 0 Å². The molecule has 0 atom stereocenters. The molecule has 1 saturated heterocycles. The lowest BCUT2D eigenvalue weighted by molar-refractivity contribution is -0.143. The Hall–Kier alpha value is -2.11. The van der Waals surface area contributed by atoms with Crippen LogP contribution in [0.5, 0.6) is 0 Å². The molecule has 6 nitrogen and oxygen atoms in total. The molecule has 1 aliphatic rings. The Labute approximate surface area is 111 Å². The highest BCUT2D eigenvalue weighted by atomic mass is 16.2. The highest BCUT2D eigenvalue weighted by Crippen LogP contribution is 2.21. The van der Waals surface area contributed by atoms with Gasteiger partial charge < -0.3 is 9.47 Å². The second-order valence-corrected chi connectivity index (χ2v) is 5.25. The van der Waals surface area contributed by atoms with Crippen LogP contribution in [0.4, 0.5) is 0 Å². The smallest absolute Gasteiger partial charge is 0.271 e. The summed E-state index contributed by atoms with van der Waals surface area (Å²) in [7, 11) is 1.78. The van der Waals surface area contributed by atoms with E-state index >= 15 is 0 Å². The summed E-state index contributed by atoms with van der Waals surface area (Å²) in [6.45, 7) is 5.03. The van der Waals surface area contributed by atoms with Gasteiger partial charge in [0.2, 0.25) is 5.91 Å². The van der Waals surface area contributed by atoms with Gasteiger partial charge in [-0.05, 0) is 32.9 Å². The summed E-state index contributed by atoms with van der Waals surface area (Å²) < 4.78 is 1.75. The van der Waals surface area contributed by atoms with Gasteiger partial charge in [0, 0.05) is 12.7 Å². The van der Waals surface area contributed by atoms with E-state index in [2.05, 4.69) is 5.32 Å². The molecular formula is C13H17N3O3. The summed E-state index contributed by atoms with van der Waals surface area (Å²) in [5.74, 6) is -1.23. The molecule has 0 aliphatic carbocycles. The van der Waals surface area contributed by atoms with Crippen molar-refractivity contribution in [3.63, 3.8) is 0 Å². The summed E-state index contributed by atoms with van der Waals surface area (Å²) in [5, 5.41) is 2.25. The first kappa shape index (κ1) is 13.3. The Morgan fingerprint density at radius 3 is 2.47 bits per heavy atom. The van der Waals surface area contributed by atoms with Crippen LogP contribution in [0, 0.1) is 6.92 Å². The van der Waals surface area contributed by atoms with Gasteiger partial charge >= 0.3 is 0 Å². The van der Waals surface area contributed by atoms with Gasteiger partial charge in [0.1, 0.15) is 17.8 Å². The van der Waals surface area contributed by atoms with Crippen LogP contribution in [-0.4, -0.2) is 39.3 Å². The molecule has 0 radical (unpaired) electrons. The van der Waals surface area contributed by atoms with Gasteiger partial charge in [-0.2, -0.15) is 0 Å². The second kappa shape index (κ2) is 4.22. The Kier molecular flexibility index (Phi) is 2.96. The SMILES string of the molecule is Cc1ccc(C(=O)N2CC(=O)NC(=O)C2(C)C)n1C. The number of hydrogen-bond donors (Lipinski definition) is 1. The van der Waals surface area contributed by atoms with Crippen molar-refractivity contribution in [2.75, 3.05) is 6.54 Å². The van der Waals surface area contributed by atoms with E-state index in [1.165, 1.54) is 4.90 Å². The van der Waals surface area contributed by atoms with Gasteiger partial charge in [-0.15, -0.1) is 0 Å². The zero-order valence-corrected chi connectivity index (χ0v) is 11.5. The first-order valence-corrected chi connectivity index (χ1v) is 6.03. The van der Waals surface area contributed by atoms with Gasteiger partial charge in [-0.1, -0.05) is 0 Å². The van der Waals surface area contributed by atoms with Crippen LogP contribution < -0.4 is 5.32 Å². The maximum atomic E-state index is 12.5. The lowest BCUT2D eigenvalue weighted by Gasteiger charge is -2.40. The molecule has 2 rings (SSSR count). The van der Waals surface area contributed by atoms with Crippen molar-refractivity contribution >= 4 is 17.7 Å². The van der Waals surface area contributed by atoms with Crippen molar-refractivity contribution in [2.45, 2.75) is 26.3 Å². The third-order valence-corrected chi connectivity index (χ3v) is 3.62. The summed E-state index contributed by atoms with van der Waals surface area (Å²) in [4.78, 5) is 37.1. The number of nitrogens with zero attached hydrogens (tertiary/aromatic N) is 2. The fourth-order valence-electron chi connectivity index (χ4n) is 2.07. The van der Waals surface area contributed by atoms with Crippen molar-refractivity contribution in [3.05, 3.63) is 23.5 Å². The number of hydrogen-bond acceptors (Lipinski definition) is 3. The summed E-state index contributed by atoms with van der Waals surface area (Å²) in [5.41, 5.74) is 0.366. The van der Waals surface area contributed by atoms with Crippen molar-refractivity contribution in [2.24, 2.45) is 7.05 Å². The molecule has 1 aromatic heterocycles. The number of aryl methyl sites for hydroxylation is 1. The number of aromatic nitrogens is 1. The highest BCUT2D eigenvalue weighted by Gasteiger charge is 2.44. The minimum Gasteiger partial charge on any atom is -0.344 e. The number of amides is 3. The van der Waals surface area contributed by atoms with Gasteiger partial charge in [-0.3, -0.25) is 19.7 Å². The molecule has 0 unspecified atom stereocenters. The molecule has 6 heteroatoms. The molecule has 102 valence electrons. The van der Waals surface area contributed by atoms with Gasteiger partial charge in [0.05, 0.1) is 0 Å². The van der Waals surface area contributed by atoms with Gasteiger partial charge in [0.25, 0.3) is 11.8 Å². The number of carbonyl (C=O) groups excluding carboxylic acids is 3. The monoisotopic (exact) mass is 263 g/mol. The molecule has 1 aliphatic heterocycles. The number of imide groups is 1. The zero-order valence-electron chi connectivity index (χ0n) is 11.5. The zero-order chi connectivity index (χ0) is 14.4. The number of rotatable bonds is 1. The number of carbonyl (C=O) groups is 3. The van der Waals surface area contributed by atoms with E-state index in [1.54, 1.807) is 31.5 Å². The Bertz CT molecular complexity index is 572. The molecular weight excluding hydrogens is 246 g/mol. The Morgan fingerprint density at radius 2 is 1.95 bits per heavy atom. The number of piperazine rings is 1. The van der Waals surface area contributed by atoms with E-state index in [4.69, 9.17) is 0 Å². The van der Waals surface area contributed by atoms with E-state index in [9.17, 15) is 14.4 Å². The van der Waals surface area contributed by atoms with Gasteiger partial charge in [0.15, 0.2) is 0 Å². The van der Waals surface area contributed by atoms with E-state index in [0.29, 0.717) is 5.69 Å². The van der Waals surface area contributed by atoms with Crippen LogP contribution >= 0.6 is 0 Å². The normalized spacial score (nSPS) is 18.4. The van der Waals surface area contributed by atoms with Crippen LogP contribution in [0.3, 0.4) is 0 Å². The van der Waals surface area contributed by atoms with E-state index in [0.717, 1.165) is 5.69 Å².